The van der Waals surface area contributed by atoms with Crippen molar-refractivity contribution < 1.29 is 8.83 Å². The lowest BCUT2D eigenvalue weighted by Crippen LogP contribution is -2.01. The smallest absolute Gasteiger partial charge is 0.182 e. The number of furan rings is 2. The number of fused-ring (bicyclic) bond motifs is 12. The summed E-state index contributed by atoms with van der Waals surface area (Å²) in [7, 11) is 0. The predicted octanol–water partition coefficient (Wildman–Crippen LogP) is 21.9. The van der Waals surface area contributed by atoms with Crippen LogP contribution in [0.25, 0.3) is 190 Å². The van der Waals surface area contributed by atoms with Gasteiger partial charge in [-0.15, -0.1) is 0 Å². The number of rotatable bonds is 10. The first-order valence-corrected chi connectivity index (χ1v) is 33.1. The van der Waals surface area contributed by atoms with Gasteiger partial charge in [-0.2, -0.15) is 0 Å². The molecule has 0 fully saturated rings. The molecule has 468 valence electrons. The molecule has 8 heterocycles. The number of hydrogen-bond acceptors (Lipinski definition) is 10. The van der Waals surface area contributed by atoms with Crippen LogP contribution in [0.2, 0.25) is 0 Å². The highest BCUT2D eigenvalue weighted by Gasteiger charge is 2.24. The third-order valence-corrected chi connectivity index (χ3v) is 18.7. The molecule has 0 aliphatic rings. The Hall–Kier alpha value is -13.8. The maximum Gasteiger partial charge on any atom is 0.182 e. The van der Waals surface area contributed by atoms with Crippen LogP contribution in [-0.4, -0.2) is 49.0 Å². The minimum absolute atomic E-state index is 0.498. The Morgan fingerprint density at radius 3 is 1.21 bits per heavy atom. The van der Waals surface area contributed by atoms with Crippen LogP contribution < -0.4 is 0 Å². The molecule has 0 unspecified atom stereocenters. The topological polar surface area (TPSA) is 139 Å². The molecule has 0 amide bonds. The third-order valence-electron chi connectivity index (χ3n) is 18.7. The van der Waals surface area contributed by atoms with Gasteiger partial charge in [0, 0.05) is 89.7 Å². The van der Waals surface area contributed by atoms with E-state index in [0.29, 0.717) is 40.6 Å². The maximum atomic E-state index is 6.75. The molecule has 0 radical (unpaired) electrons. The first kappa shape index (κ1) is 57.6. The average Bonchev–Trinajstić information content (AvgIpc) is 1.58. The Morgan fingerprint density at radius 1 is 0.240 bits per heavy atom. The van der Waals surface area contributed by atoms with Crippen molar-refractivity contribution in [2.24, 2.45) is 0 Å². The van der Waals surface area contributed by atoms with Gasteiger partial charge in [0.2, 0.25) is 0 Å². The van der Waals surface area contributed by atoms with Gasteiger partial charge >= 0.3 is 0 Å². The summed E-state index contributed by atoms with van der Waals surface area (Å²) in [6, 6.07) is 106. The summed E-state index contributed by atoms with van der Waals surface area (Å²) in [5, 5.41) is 8.69. The second-order valence-electron chi connectivity index (χ2n) is 24.6. The first-order chi connectivity index (χ1) is 49.6. The molecular weight excluding hydrogens is 1230 g/mol. The molecule has 20 rings (SSSR count). The monoisotopic (exact) mass is 1280 g/mol. The number of benzene rings is 12. The van der Waals surface area contributed by atoms with Gasteiger partial charge in [-0.3, -0.25) is 9.97 Å². The number of para-hydroxylation sites is 6. The van der Waals surface area contributed by atoms with Crippen LogP contribution >= 0.6 is 0 Å². The van der Waals surface area contributed by atoms with Gasteiger partial charge in [0.15, 0.2) is 34.9 Å². The maximum absolute atomic E-state index is 6.75. The van der Waals surface area contributed by atoms with Crippen molar-refractivity contribution in [3.8, 4) is 102 Å². The van der Waals surface area contributed by atoms with E-state index in [1.54, 1.807) is 18.6 Å². The number of hydrogen-bond donors (Lipinski definition) is 0. The van der Waals surface area contributed by atoms with Crippen LogP contribution in [0.5, 0.6) is 0 Å². The molecule has 0 bridgehead atoms. The zero-order chi connectivity index (χ0) is 66.0. The minimum atomic E-state index is 0.498. The number of pyridine rings is 2. The second-order valence-corrected chi connectivity index (χ2v) is 24.6. The van der Waals surface area contributed by atoms with Crippen molar-refractivity contribution in [2.75, 3.05) is 0 Å². The molecule has 100 heavy (non-hydrogen) atoms. The predicted molar refractivity (Wildman–Crippen MR) is 402 cm³/mol. The van der Waals surface area contributed by atoms with Crippen LogP contribution in [0, 0.1) is 0 Å². The van der Waals surface area contributed by atoms with E-state index in [2.05, 4.69) is 213 Å². The Balaban J connectivity index is 0.000000139. The van der Waals surface area contributed by atoms with Gasteiger partial charge in [0.25, 0.3) is 0 Å². The van der Waals surface area contributed by atoms with Crippen molar-refractivity contribution in [1.29, 1.82) is 0 Å². The fraction of sp³-hybridized carbons (Fsp3) is 0. The molecule has 12 heteroatoms. The van der Waals surface area contributed by atoms with Crippen molar-refractivity contribution in [1.82, 2.24) is 49.0 Å². The summed E-state index contributed by atoms with van der Waals surface area (Å²) >= 11 is 0. The van der Waals surface area contributed by atoms with E-state index >= 15 is 0 Å². The van der Waals surface area contributed by atoms with E-state index in [0.717, 1.165) is 138 Å². The largest absolute Gasteiger partial charge is 0.455 e. The summed E-state index contributed by atoms with van der Waals surface area (Å²) in [6.07, 6.45) is 5.28. The van der Waals surface area contributed by atoms with E-state index in [1.165, 1.54) is 10.8 Å². The standard InChI is InChI=1S/2C44H27N5O/c1-3-11-28(12-4-1)29-20-22-30(23-21-29)42-46-43(31-13-10-24-45-27-31)48-44(47-42)35-18-9-17-34-37-25-39-36(26-40(37)50-41(34)35)33-16-7-8-19-38(33)49(39)32-14-5-2-6-15-32;1-3-13-28(14-4-1)29-15-11-16-30(25-29)42-46-43(48-44(47-42)37-22-9-10-24-45-37)34-21-12-20-33-36-26-39-35(27-40(36)50-41(33)34)32-19-7-8-23-38(32)49(39)31-17-5-2-6-18-31/h2*1-27H. The Kier molecular flexibility index (Phi) is 13.9. The van der Waals surface area contributed by atoms with Crippen LogP contribution in [0.4, 0.5) is 0 Å². The average molecular weight is 1280 g/mol. The van der Waals surface area contributed by atoms with E-state index in [9.17, 15) is 0 Å². The van der Waals surface area contributed by atoms with Gasteiger partial charge in [-0.05, 0) is 125 Å². The fourth-order valence-corrected chi connectivity index (χ4v) is 14.0. The highest BCUT2D eigenvalue weighted by molar-refractivity contribution is 6.20. The Morgan fingerprint density at radius 2 is 0.660 bits per heavy atom. The van der Waals surface area contributed by atoms with Gasteiger partial charge in [-0.1, -0.05) is 206 Å². The molecule has 0 saturated heterocycles. The summed E-state index contributed by atoms with van der Waals surface area (Å²) in [5.41, 5.74) is 19.2. The molecule has 0 aliphatic carbocycles. The van der Waals surface area contributed by atoms with Crippen LogP contribution in [-0.2, 0) is 0 Å². The third kappa shape index (κ3) is 10.1. The minimum Gasteiger partial charge on any atom is -0.455 e. The highest BCUT2D eigenvalue weighted by Crippen LogP contribution is 2.44. The Bertz CT molecular complexity index is 6500. The molecule has 8 aromatic heterocycles. The zero-order valence-corrected chi connectivity index (χ0v) is 53.5. The van der Waals surface area contributed by atoms with Crippen molar-refractivity contribution in [3.05, 3.63) is 328 Å². The fourth-order valence-electron chi connectivity index (χ4n) is 14.0. The molecule has 20 aromatic rings. The SMILES string of the molecule is c1ccc(-c2ccc(-c3nc(-c4cccnc4)nc(-c4cccc5c4oc4cc6c7ccccc7n(-c7ccccc7)c6cc45)n3)cc2)cc1.c1ccc(-c2cccc(-c3nc(-c4ccccn4)nc(-c4cccc5c4oc4cc6c7ccccc7n(-c7ccccc7)c6cc45)n3)c2)cc1. The zero-order valence-electron chi connectivity index (χ0n) is 53.5. The summed E-state index contributed by atoms with van der Waals surface area (Å²) in [4.78, 5) is 38.9. The van der Waals surface area contributed by atoms with E-state index < -0.39 is 0 Å². The van der Waals surface area contributed by atoms with Crippen molar-refractivity contribution >= 4 is 87.5 Å². The lowest BCUT2D eigenvalue weighted by Gasteiger charge is -2.09. The van der Waals surface area contributed by atoms with E-state index in [-0.39, 0.29) is 0 Å². The molecule has 12 nitrogen and oxygen atoms in total. The number of aromatic nitrogens is 10. The number of nitrogens with zero attached hydrogens (tertiary/aromatic N) is 10. The van der Waals surface area contributed by atoms with Gasteiger partial charge in [0.05, 0.1) is 33.2 Å². The molecule has 12 aromatic carbocycles. The van der Waals surface area contributed by atoms with Gasteiger partial charge < -0.3 is 18.0 Å². The van der Waals surface area contributed by atoms with Crippen LogP contribution in [0.3, 0.4) is 0 Å². The summed E-state index contributed by atoms with van der Waals surface area (Å²) in [5.74, 6) is 3.25. The van der Waals surface area contributed by atoms with Gasteiger partial charge in [-0.25, -0.2) is 29.9 Å². The lowest BCUT2D eigenvalue weighted by molar-refractivity contribution is 0.669. The van der Waals surface area contributed by atoms with E-state index in [4.69, 9.17) is 38.7 Å². The molecule has 0 saturated carbocycles. The summed E-state index contributed by atoms with van der Waals surface area (Å²) < 4.78 is 18.2. The van der Waals surface area contributed by atoms with E-state index in [1.807, 2.05) is 115 Å². The molecule has 0 aliphatic heterocycles. The Labute approximate surface area is 572 Å². The van der Waals surface area contributed by atoms with Gasteiger partial charge in [0.1, 0.15) is 28.0 Å². The second kappa shape index (κ2) is 24.1. The quantitative estimate of drug-likeness (QED) is 0.130. The highest BCUT2D eigenvalue weighted by atomic mass is 16.3. The lowest BCUT2D eigenvalue weighted by atomic mass is 10.0. The van der Waals surface area contributed by atoms with Crippen LogP contribution in [0.15, 0.2) is 337 Å². The normalized spacial score (nSPS) is 11.6. The molecule has 0 spiro atoms. The molecule has 0 atom stereocenters. The first-order valence-electron chi connectivity index (χ1n) is 33.1. The van der Waals surface area contributed by atoms with Crippen LogP contribution in [0.1, 0.15) is 0 Å². The van der Waals surface area contributed by atoms with Crippen molar-refractivity contribution in [3.63, 3.8) is 0 Å². The molecule has 0 N–H and O–H groups in total. The summed E-state index contributed by atoms with van der Waals surface area (Å²) in [6.45, 7) is 0. The molecular formula is C88H54N10O2. The van der Waals surface area contributed by atoms with Crippen molar-refractivity contribution in [2.45, 2.75) is 0 Å².